The second-order valence-electron chi connectivity index (χ2n) is 2.48. The van der Waals surface area contributed by atoms with Crippen molar-refractivity contribution in [1.29, 1.82) is 0 Å². The van der Waals surface area contributed by atoms with Crippen molar-refractivity contribution in [1.82, 2.24) is 10.2 Å². The minimum Gasteiger partial charge on any atom is -0.478 e. The molecule has 0 saturated carbocycles. The summed E-state index contributed by atoms with van der Waals surface area (Å²) in [5.41, 5.74) is 1.28. The third kappa shape index (κ3) is 1.20. The van der Waals surface area contributed by atoms with Crippen molar-refractivity contribution in [3.05, 3.63) is 30.4 Å². The Morgan fingerprint density at radius 3 is 3.08 bits per heavy atom. The number of carboxylic acid groups (broad SMARTS) is 1. The molecule has 0 aliphatic rings. The Labute approximate surface area is 73.0 Å². The number of aromatic carboxylic acids is 1. The van der Waals surface area contributed by atoms with Crippen molar-refractivity contribution < 1.29 is 14.3 Å². The second-order valence-corrected chi connectivity index (χ2v) is 2.48. The summed E-state index contributed by atoms with van der Waals surface area (Å²) in [7, 11) is 0. The Balaban J connectivity index is 2.52. The summed E-state index contributed by atoms with van der Waals surface area (Å²) in [5, 5.41) is 15.0. The number of nitrogens with one attached hydrogen (secondary N) is 1. The third-order valence-corrected chi connectivity index (χ3v) is 1.68. The molecule has 66 valence electrons. The second kappa shape index (κ2) is 2.78. The maximum absolute atomic E-state index is 10.7. The highest BCUT2D eigenvalue weighted by Gasteiger charge is 2.14. The average molecular weight is 178 g/mol. The SMILES string of the molecule is O=C(O)c1cn[nH]c1-c1ccoc1. The highest BCUT2D eigenvalue weighted by molar-refractivity contribution is 5.94. The number of nitrogens with zero attached hydrogens (tertiary/aromatic N) is 1. The number of aromatic amines is 1. The Hall–Kier alpha value is -2.04. The molecule has 5 heteroatoms. The maximum atomic E-state index is 10.7. The highest BCUT2D eigenvalue weighted by atomic mass is 16.4. The molecule has 0 spiro atoms. The predicted octanol–water partition coefficient (Wildman–Crippen LogP) is 1.37. The van der Waals surface area contributed by atoms with E-state index in [2.05, 4.69) is 10.2 Å². The van der Waals surface area contributed by atoms with Crippen LogP contribution in [0.1, 0.15) is 10.4 Å². The fourth-order valence-corrected chi connectivity index (χ4v) is 1.08. The van der Waals surface area contributed by atoms with Crippen LogP contribution in [0.15, 0.2) is 29.2 Å². The lowest BCUT2D eigenvalue weighted by molar-refractivity contribution is 0.0698. The van der Waals surface area contributed by atoms with E-state index in [0.717, 1.165) is 0 Å². The van der Waals surface area contributed by atoms with Gasteiger partial charge in [-0.3, -0.25) is 5.10 Å². The van der Waals surface area contributed by atoms with E-state index in [1.54, 1.807) is 6.07 Å². The summed E-state index contributed by atoms with van der Waals surface area (Å²) >= 11 is 0. The first-order valence-electron chi connectivity index (χ1n) is 3.58. The van der Waals surface area contributed by atoms with Gasteiger partial charge in [0.1, 0.15) is 5.56 Å². The van der Waals surface area contributed by atoms with Gasteiger partial charge >= 0.3 is 5.97 Å². The number of aromatic nitrogens is 2. The molecule has 2 N–H and O–H groups in total. The van der Waals surface area contributed by atoms with Crippen LogP contribution in [0.25, 0.3) is 11.3 Å². The average Bonchev–Trinajstić information content (AvgIpc) is 2.74. The van der Waals surface area contributed by atoms with Crippen LogP contribution >= 0.6 is 0 Å². The number of hydrogen-bond donors (Lipinski definition) is 2. The number of carboxylic acids is 1. The third-order valence-electron chi connectivity index (χ3n) is 1.68. The lowest BCUT2D eigenvalue weighted by Crippen LogP contribution is -1.95. The van der Waals surface area contributed by atoms with Gasteiger partial charge in [0.15, 0.2) is 0 Å². The fraction of sp³-hybridized carbons (Fsp3) is 0. The maximum Gasteiger partial charge on any atom is 0.339 e. The zero-order chi connectivity index (χ0) is 9.26. The van der Waals surface area contributed by atoms with Gasteiger partial charge in [-0.15, -0.1) is 0 Å². The number of furan rings is 1. The molecule has 0 aliphatic heterocycles. The monoisotopic (exact) mass is 178 g/mol. The molecule has 0 saturated heterocycles. The van der Waals surface area contributed by atoms with Gasteiger partial charge in [-0.25, -0.2) is 4.79 Å². The summed E-state index contributed by atoms with van der Waals surface area (Å²) in [4.78, 5) is 10.7. The first-order valence-corrected chi connectivity index (χ1v) is 3.58. The number of rotatable bonds is 2. The lowest BCUT2D eigenvalue weighted by Gasteiger charge is -1.92. The standard InChI is InChI=1S/C8H6N2O3/c11-8(12)6-3-9-10-7(6)5-1-2-13-4-5/h1-4H,(H,9,10)(H,11,12). The van der Waals surface area contributed by atoms with Gasteiger partial charge in [-0.2, -0.15) is 5.10 Å². The smallest absolute Gasteiger partial charge is 0.339 e. The van der Waals surface area contributed by atoms with Crippen LogP contribution in [-0.2, 0) is 0 Å². The summed E-state index contributed by atoms with van der Waals surface area (Å²) < 4.78 is 4.83. The molecule has 13 heavy (non-hydrogen) atoms. The van der Waals surface area contributed by atoms with Crippen molar-refractivity contribution in [3.8, 4) is 11.3 Å². The first-order chi connectivity index (χ1) is 6.29. The quantitative estimate of drug-likeness (QED) is 0.727. The van der Waals surface area contributed by atoms with Gasteiger partial charge < -0.3 is 9.52 Å². The van der Waals surface area contributed by atoms with E-state index in [-0.39, 0.29) is 5.56 Å². The van der Waals surface area contributed by atoms with Crippen molar-refractivity contribution in [2.24, 2.45) is 0 Å². The number of hydrogen-bond acceptors (Lipinski definition) is 3. The predicted molar refractivity (Wildman–Crippen MR) is 43.2 cm³/mol. The Bertz CT molecular complexity index is 416. The topological polar surface area (TPSA) is 79.1 Å². The van der Waals surface area contributed by atoms with Crippen LogP contribution in [0.2, 0.25) is 0 Å². The Kier molecular flexibility index (Phi) is 1.63. The van der Waals surface area contributed by atoms with E-state index in [1.807, 2.05) is 0 Å². The van der Waals surface area contributed by atoms with Gasteiger partial charge in [0.05, 0.1) is 24.4 Å². The van der Waals surface area contributed by atoms with Gasteiger partial charge in [-0.1, -0.05) is 0 Å². The zero-order valence-corrected chi connectivity index (χ0v) is 6.52. The van der Waals surface area contributed by atoms with Crippen LogP contribution in [0.3, 0.4) is 0 Å². The largest absolute Gasteiger partial charge is 0.478 e. The minimum absolute atomic E-state index is 0.140. The molecule has 2 rings (SSSR count). The molecule has 0 radical (unpaired) electrons. The van der Waals surface area contributed by atoms with E-state index in [4.69, 9.17) is 9.52 Å². The van der Waals surface area contributed by atoms with E-state index in [1.165, 1.54) is 18.7 Å². The summed E-state index contributed by atoms with van der Waals surface area (Å²) in [5.74, 6) is -1.01. The van der Waals surface area contributed by atoms with E-state index >= 15 is 0 Å². The van der Waals surface area contributed by atoms with Crippen LogP contribution in [0.5, 0.6) is 0 Å². The lowest BCUT2D eigenvalue weighted by atomic mass is 10.1. The van der Waals surface area contributed by atoms with Crippen molar-refractivity contribution in [2.75, 3.05) is 0 Å². The van der Waals surface area contributed by atoms with Gasteiger partial charge in [-0.05, 0) is 6.07 Å². The van der Waals surface area contributed by atoms with Gasteiger partial charge in [0.2, 0.25) is 0 Å². The Morgan fingerprint density at radius 2 is 2.46 bits per heavy atom. The molecular formula is C8H6N2O3. The summed E-state index contributed by atoms with van der Waals surface area (Å²) in [6, 6.07) is 1.67. The van der Waals surface area contributed by atoms with E-state index in [0.29, 0.717) is 11.3 Å². The van der Waals surface area contributed by atoms with Gasteiger partial charge in [0.25, 0.3) is 0 Å². The minimum atomic E-state index is -1.01. The summed E-state index contributed by atoms with van der Waals surface area (Å²) in [6.07, 6.45) is 4.20. The summed E-state index contributed by atoms with van der Waals surface area (Å²) in [6.45, 7) is 0. The number of H-pyrrole nitrogens is 1. The van der Waals surface area contributed by atoms with Crippen molar-refractivity contribution in [2.45, 2.75) is 0 Å². The Morgan fingerprint density at radius 1 is 1.62 bits per heavy atom. The fourth-order valence-electron chi connectivity index (χ4n) is 1.08. The number of carbonyl (C=O) groups is 1. The molecule has 0 unspecified atom stereocenters. The molecule has 2 aromatic rings. The molecule has 0 amide bonds. The highest BCUT2D eigenvalue weighted by Crippen LogP contribution is 2.20. The molecule has 0 fully saturated rings. The molecule has 2 heterocycles. The molecule has 0 bridgehead atoms. The van der Waals surface area contributed by atoms with Gasteiger partial charge in [0, 0.05) is 5.56 Å². The molecule has 0 aliphatic carbocycles. The van der Waals surface area contributed by atoms with Crippen LogP contribution in [0.4, 0.5) is 0 Å². The van der Waals surface area contributed by atoms with E-state index < -0.39 is 5.97 Å². The van der Waals surface area contributed by atoms with E-state index in [9.17, 15) is 4.79 Å². The van der Waals surface area contributed by atoms with Crippen molar-refractivity contribution >= 4 is 5.97 Å². The normalized spacial score (nSPS) is 10.2. The molecule has 0 atom stereocenters. The zero-order valence-electron chi connectivity index (χ0n) is 6.52. The molecule has 2 aromatic heterocycles. The molecule has 0 aromatic carbocycles. The van der Waals surface area contributed by atoms with Crippen LogP contribution in [-0.4, -0.2) is 21.3 Å². The molecule has 5 nitrogen and oxygen atoms in total. The van der Waals surface area contributed by atoms with Crippen LogP contribution < -0.4 is 0 Å². The van der Waals surface area contributed by atoms with Crippen LogP contribution in [0, 0.1) is 0 Å². The first kappa shape index (κ1) is 7.60. The molecular weight excluding hydrogens is 172 g/mol. The van der Waals surface area contributed by atoms with Crippen molar-refractivity contribution in [3.63, 3.8) is 0 Å².